The molecule has 0 amide bonds. The van der Waals surface area contributed by atoms with Crippen molar-refractivity contribution in [1.29, 1.82) is 5.26 Å². The van der Waals surface area contributed by atoms with E-state index in [1.165, 1.54) is 10.4 Å². The van der Waals surface area contributed by atoms with E-state index in [4.69, 9.17) is 15.0 Å². The molecule has 0 spiro atoms. The maximum atomic E-state index is 13.3. The van der Waals surface area contributed by atoms with Gasteiger partial charge in [-0.2, -0.15) is 5.26 Å². The normalized spacial score (nSPS) is 13.0. The second-order valence-electron chi connectivity index (χ2n) is 5.78. The number of fused-ring (bicyclic) bond motifs is 3. The second-order valence-corrected chi connectivity index (χ2v) is 7.63. The minimum absolute atomic E-state index is 0.0388. The number of nitriles is 1. The molecule has 4 rings (SSSR count). The molecule has 0 bridgehead atoms. The van der Waals surface area contributed by atoms with Gasteiger partial charge >= 0.3 is 0 Å². The topological polar surface area (TPSA) is 67.9 Å². The standard InChI is InChI=1S/C18H15N3O2S2/c1-23-12-7-5-11(6-8-12)21-15(9-24-10-19)20-17-16(18(21)22)13-3-2-4-14(13)25-17/h5-8H,2-4,9H2,1H3. The zero-order valence-electron chi connectivity index (χ0n) is 13.6. The van der Waals surface area contributed by atoms with Crippen molar-refractivity contribution < 1.29 is 4.74 Å². The molecular formula is C18H15N3O2S2. The number of hydrogen-bond acceptors (Lipinski definition) is 6. The first-order valence-corrected chi connectivity index (χ1v) is 9.74. The number of methoxy groups -OCH3 is 1. The lowest BCUT2D eigenvalue weighted by molar-refractivity contribution is 0.414. The number of nitrogens with zero attached hydrogens (tertiary/aromatic N) is 3. The highest BCUT2D eigenvalue weighted by molar-refractivity contribution is 8.02. The van der Waals surface area contributed by atoms with Gasteiger partial charge in [0.25, 0.3) is 5.56 Å². The minimum atomic E-state index is -0.0388. The smallest absolute Gasteiger partial charge is 0.267 e. The maximum absolute atomic E-state index is 13.3. The molecular weight excluding hydrogens is 354 g/mol. The molecule has 1 aliphatic rings. The fourth-order valence-corrected chi connectivity index (χ4v) is 4.93. The summed E-state index contributed by atoms with van der Waals surface area (Å²) in [6.45, 7) is 0. The van der Waals surface area contributed by atoms with Crippen LogP contribution in [0, 0.1) is 10.7 Å². The van der Waals surface area contributed by atoms with Gasteiger partial charge in [0.05, 0.1) is 23.9 Å². The number of ether oxygens (including phenoxy) is 1. The molecule has 1 aromatic carbocycles. The molecule has 0 aliphatic heterocycles. The number of thiocyanates is 1. The summed E-state index contributed by atoms with van der Waals surface area (Å²) in [5.41, 5.74) is 1.87. The molecule has 0 fully saturated rings. The van der Waals surface area contributed by atoms with E-state index in [0.717, 1.165) is 52.7 Å². The third-order valence-corrected chi connectivity index (χ3v) is 6.12. The van der Waals surface area contributed by atoms with Crippen molar-refractivity contribution in [2.24, 2.45) is 0 Å². The van der Waals surface area contributed by atoms with E-state index in [1.807, 2.05) is 24.3 Å². The molecule has 2 aromatic heterocycles. The van der Waals surface area contributed by atoms with Crippen LogP contribution in [0.15, 0.2) is 29.1 Å². The largest absolute Gasteiger partial charge is 0.497 e. The van der Waals surface area contributed by atoms with Crippen LogP contribution in [0.4, 0.5) is 0 Å². The number of aryl methyl sites for hydroxylation is 2. The first kappa shape index (κ1) is 16.2. The maximum Gasteiger partial charge on any atom is 0.267 e. The number of thiophene rings is 1. The predicted molar refractivity (Wildman–Crippen MR) is 101 cm³/mol. The van der Waals surface area contributed by atoms with Crippen LogP contribution in [-0.4, -0.2) is 16.7 Å². The van der Waals surface area contributed by atoms with Crippen LogP contribution >= 0.6 is 23.1 Å². The summed E-state index contributed by atoms with van der Waals surface area (Å²) in [5.74, 6) is 1.71. The average Bonchev–Trinajstić information content (AvgIpc) is 3.20. The van der Waals surface area contributed by atoms with Crippen molar-refractivity contribution in [3.05, 3.63) is 50.9 Å². The Balaban J connectivity index is 1.97. The fraction of sp³-hybridized carbons (Fsp3) is 0.278. The predicted octanol–water partition coefficient (Wildman–Crippen LogP) is 3.66. The van der Waals surface area contributed by atoms with Gasteiger partial charge in [0.2, 0.25) is 0 Å². The third kappa shape index (κ3) is 2.71. The van der Waals surface area contributed by atoms with Gasteiger partial charge in [-0.05, 0) is 60.9 Å². The van der Waals surface area contributed by atoms with Crippen LogP contribution in [0.25, 0.3) is 15.9 Å². The lowest BCUT2D eigenvalue weighted by Crippen LogP contribution is -2.23. The van der Waals surface area contributed by atoms with E-state index in [2.05, 4.69) is 5.40 Å². The zero-order chi connectivity index (χ0) is 17.4. The van der Waals surface area contributed by atoms with Crippen LogP contribution in [0.1, 0.15) is 22.7 Å². The van der Waals surface area contributed by atoms with Gasteiger partial charge < -0.3 is 4.74 Å². The van der Waals surface area contributed by atoms with Gasteiger partial charge in [-0.3, -0.25) is 9.36 Å². The molecule has 2 heterocycles. The molecule has 126 valence electrons. The Hall–Kier alpha value is -2.30. The number of thioether (sulfide) groups is 1. The van der Waals surface area contributed by atoms with Crippen molar-refractivity contribution >= 4 is 33.3 Å². The molecule has 25 heavy (non-hydrogen) atoms. The summed E-state index contributed by atoms with van der Waals surface area (Å²) in [6, 6.07) is 7.35. The minimum Gasteiger partial charge on any atom is -0.497 e. The molecule has 0 saturated carbocycles. The van der Waals surface area contributed by atoms with Gasteiger partial charge in [0.15, 0.2) is 0 Å². The summed E-state index contributed by atoms with van der Waals surface area (Å²) >= 11 is 2.71. The highest BCUT2D eigenvalue weighted by Gasteiger charge is 2.23. The monoisotopic (exact) mass is 369 g/mol. The fourth-order valence-electron chi connectivity index (χ4n) is 3.28. The van der Waals surface area contributed by atoms with Gasteiger partial charge in [0, 0.05) is 4.88 Å². The summed E-state index contributed by atoms with van der Waals surface area (Å²) < 4.78 is 6.84. The average molecular weight is 369 g/mol. The van der Waals surface area contributed by atoms with Crippen LogP contribution in [0.2, 0.25) is 0 Å². The summed E-state index contributed by atoms with van der Waals surface area (Å²) in [4.78, 5) is 20.1. The van der Waals surface area contributed by atoms with Crippen LogP contribution < -0.4 is 10.3 Å². The Bertz CT molecular complexity index is 1050. The SMILES string of the molecule is COc1ccc(-n2c(CSC#N)nc3sc4c(c3c2=O)CCC4)cc1. The zero-order valence-corrected chi connectivity index (χ0v) is 15.2. The van der Waals surface area contributed by atoms with Crippen molar-refractivity contribution in [2.45, 2.75) is 25.0 Å². The van der Waals surface area contributed by atoms with E-state index in [-0.39, 0.29) is 5.56 Å². The van der Waals surface area contributed by atoms with E-state index >= 15 is 0 Å². The molecule has 7 heteroatoms. The van der Waals surface area contributed by atoms with Gasteiger partial charge in [-0.15, -0.1) is 11.3 Å². The van der Waals surface area contributed by atoms with Gasteiger partial charge in [-0.25, -0.2) is 4.98 Å². The van der Waals surface area contributed by atoms with E-state index in [1.54, 1.807) is 23.0 Å². The van der Waals surface area contributed by atoms with E-state index < -0.39 is 0 Å². The number of benzene rings is 1. The molecule has 0 unspecified atom stereocenters. The lowest BCUT2D eigenvalue weighted by Gasteiger charge is -2.12. The number of hydrogen-bond donors (Lipinski definition) is 0. The van der Waals surface area contributed by atoms with E-state index in [0.29, 0.717) is 11.6 Å². The molecule has 0 saturated heterocycles. The van der Waals surface area contributed by atoms with Gasteiger partial charge in [0.1, 0.15) is 21.8 Å². The highest BCUT2D eigenvalue weighted by atomic mass is 32.2. The van der Waals surface area contributed by atoms with Crippen molar-refractivity contribution in [3.8, 4) is 16.8 Å². The first-order valence-electron chi connectivity index (χ1n) is 7.94. The van der Waals surface area contributed by atoms with Crippen LogP contribution in [0.5, 0.6) is 5.75 Å². The summed E-state index contributed by atoms with van der Waals surface area (Å²) in [6.07, 6.45) is 3.08. The van der Waals surface area contributed by atoms with Crippen molar-refractivity contribution in [1.82, 2.24) is 9.55 Å². The number of rotatable bonds is 4. The Morgan fingerprint density at radius 3 is 2.88 bits per heavy atom. The van der Waals surface area contributed by atoms with Crippen molar-refractivity contribution in [3.63, 3.8) is 0 Å². The Kier molecular flexibility index (Phi) is 4.24. The van der Waals surface area contributed by atoms with Gasteiger partial charge in [-0.1, -0.05) is 0 Å². The molecule has 3 aromatic rings. The Labute approximate surface area is 152 Å². The third-order valence-electron chi connectivity index (χ3n) is 4.40. The highest BCUT2D eigenvalue weighted by Crippen LogP contribution is 2.35. The second kappa shape index (κ2) is 6.54. The van der Waals surface area contributed by atoms with Crippen LogP contribution in [0.3, 0.4) is 0 Å². The Morgan fingerprint density at radius 1 is 1.36 bits per heavy atom. The molecule has 0 N–H and O–H groups in total. The first-order chi connectivity index (χ1) is 12.2. The lowest BCUT2D eigenvalue weighted by atomic mass is 10.2. The Morgan fingerprint density at radius 2 is 2.16 bits per heavy atom. The molecule has 5 nitrogen and oxygen atoms in total. The summed E-state index contributed by atoms with van der Waals surface area (Å²) in [7, 11) is 1.61. The van der Waals surface area contributed by atoms with Crippen LogP contribution in [-0.2, 0) is 18.6 Å². The molecule has 1 aliphatic carbocycles. The number of aromatic nitrogens is 2. The molecule has 0 radical (unpaired) electrons. The molecule has 0 atom stereocenters. The summed E-state index contributed by atoms with van der Waals surface area (Å²) in [5, 5.41) is 11.7. The van der Waals surface area contributed by atoms with E-state index in [9.17, 15) is 4.79 Å². The quantitative estimate of drug-likeness (QED) is 0.657. The van der Waals surface area contributed by atoms with Crippen molar-refractivity contribution in [2.75, 3.05) is 7.11 Å².